The molecule has 0 atom stereocenters. The summed E-state index contributed by atoms with van der Waals surface area (Å²) in [5.41, 5.74) is 5.80. The number of rotatable bonds is 7. The number of halogens is 3. The van der Waals surface area contributed by atoms with E-state index in [2.05, 4.69) is 4.90 Å². The Kier molecular flexibility index (Phi) is 11.2. The van der Waals surface area contributed by atoms with Crippen LogP contribution in [0.15, 0.2) is 23.9 Å². The third-order valence-electron chi connectivity index (χ3n) is 3.66. The van der Waals surface area contributed by atoms with Crippen molar-refractivity contribution in [3.8, 4) is 0 Å². The van der Waals surface area contributed by atoms with Crippen molar-refractivity contribution in [1.29, 1.82) is 0 Å². The van der Waals surface area contributed by atoms with E-state index in [9.17, 15) is 18.0 Å². The number of amides is 1. The van der Waals surface area contributed by atoms with E-state index >= 15 is 0 Å². The number of carbonyl (C=O) groups excluding carboxylic acids is 1. The first kappa shape index (κ1) is 22.5. The van der Waals surface area contributed by atoms with Crippen LogP contribution in [0.2, 0.25) is 0 Å². The van der Waals surface area contributed by atoms with E-state index < -0.39 is 12.1 Å². The highest BCUT2D eigenvalue weighted by Gasteiger charge is 2.36. The molecule has 7 heteroatoms. The van der Waals surface area contributed by atoms with Gasteiger partial charge in [0.25, 0.3) is 0 Å². The van der Waals surface area contributed by atoms with Crippen molar-refractivity contribution in [2.45, 2.75) is 46.2 Å². The molecule has 0 aromatic rings. The summed E-state index contributed by atoms with van der Waals surface area (Å²) in [5, 5.41) is 0. The molecule has 0 unspecified atom stereocenters. The van der Waals surface area contributed by atoms with Crippen LogP contribution in [0, 0.1) is 5.92 Å². The Morgan fingerprint density at radius 3 is 2.38 bits per heavy atom. The molecule has 0 fully saturated rings. The van der Waals surface area contributed by atoms with Gasteiger partial charge in [-0.15, -0.1) is 0 Å². The molecule has 24 heavy (non-hydrogen) atoms. The molecule has 0 aromatic heterocycles. The van der Waals surface area contributed by atoms with Crippen LogP contribution in [0.4, 0.5) is 13.2 Å². The number of hydrogen-bond acceptors (Lipinski definition) is 3. The van der Waals surface area contributed by atoms with Gasteiger partial charge in [0.15, 0.2) is 0 Å². The lowest BCUT2D eigenvalue weighted by molar-refractivity contribution is -0.175. The quantitative estimate of drug-likeness (QED) is 0.713. The minimum atomic E-state index is -3.98. The van der Waals surface area contributed by atoms with Gasteiger partial charge in [0.2, 0.25) is 5.91 Å². The van der Waals surface area contributed by atoms with Crippen molar-refractivity contribution in [3.05, 3.63) is 23.9 Å². The van der Waals surface area contributed by atoms with E-state index in [4.69, 9.17) is 10.5 Å². The second kappa shape index (κ2) is 11.9. The van der Waals surface area contributed by atoms with Crippen LogP contribution in [0.3, 0.4) is 0 Å². The first-order valence-corrected chi connectivity index (χ1v) is 8.32. The number of ether oxygens (including phenoxy) is 1. The zero-order valence-corrected chi connectivity index (χ0v) is 14.7. The SMILES string of the molecule is CCC(CC)C(F)(F)F.CCOCCN1C=C(C(N)=O)C=CCC1. The van der Waals surface area contributed by atoms with E-state index in [1.807, 2.05) is 19.2 Å². The lowest BCUT2D eigenvalue weighted by Gasteiger charge is -2.18. The summed E-state index contributed by atoms with van der Waals surface area (Å²) in [4.78, 5) is 13.1. The van der Waals surface area contributed by atoms with Crippen molar-refractivity contribution in [1.82, 2.24) is 4.90 Å². The van der Waals surface area contributed by atoms with Crippen LogP contribution in [0.25, 0.3) is 0 Å². The molecule has 1 heterocycles. The van der Waals surface area contributed by atoms with E-state index in [1.54, 1.807) is 19.9 Å². The molecule has 2 N–H and O–H groups in total. The summed E-state index contributed by atoms with van der Waals surface area (Å²) in [6, 6.07) is 0. The van der Waals surface area contributed by atoms with Crippen molar-refractivity contribution in [2.24, 2.45) is 11.7 Å². The maximum absolute atomic E-state index is 11.7. The lowest BCUT2D eigenvalue weighted by Crippen LogP contribution is -2.24. The summed E-state index contributed by atoms with van der Waals surface area (Å²) < 4.78 is 40.4. The normalized spacial score (nSPS) is 14.8. The topological polar surface area (TPSA) is 55.6 Å². The lowest BCUT2D eigenvalue weighted by atomic mass is 10.0. The molecule has 0 aromatic carbocycles. The van der Waals surface area contributed by atoms with E-state index in [0.717, 1.165) is 26.1 Å². The van der Waals surface area contributed by atoms with Crippen molar-refractivity contribution in [2.75, 3.05) is 26.3 Å². The molecule has 0 aliphatic carbocycles. The molecule has 140 valence electrons. The predicted octanol–water partition coefficient (Wildman–Crippen LogP) is 3.64. The van der Waals surface area contributed by atoms with Crippen molar-refractivity contribution in [3.63, 3.8) is 0 Å². The van der Waals surface area contributed by atoms with Gasteiger partial charge >= 0.3 is 6.18 Å². The number of hydrogen-bond donors (Lipinski definition) is 1. The Morgan fingerprint density at radius 1 is 1.33 bits per heavy atom. The summed E-state index contributed by atoms with van der Waals surface area (Å²) in [7, 11) is 0. The average Bonchev–Trinajstić information content (AvgIpc) is 2.74. The largest absolute Gasteiger partial charge is 0.391 e. The zero-order chi connectivity index (χ0) is 18.6. The molecule has 1 amide bonds. The molecule has 0 saturated carbocycles. The Labute approximate surface area is 142 Å². The molecule has 1 aliphatic heterocycles. The van der Waals surface area contributed by atoms with Gasteiger partial charge < -0.3 is 15.4 Å². The van der Waals surface area contributed by atoms with Crippen molar-refractivity contribution < 1.29 is 22.7 Å². The van der Waals surface area contributed by atoms with Crippen LogP contribution in [0.5, 0.6) is 0 Å². The summed E-state index contributed by atoms with van der Waals surface area (Å²) >= 11 is 0. The number of carbonyl (C=O) groups is 1. The van der Waals surface area contributed by atoms with Crippen LogP contribution in [-0.4, -0.2) is 43.3 Å². The van der Waals surface area contributed by atoms with E-state index in [-0.39, 0.29) is 18.7 Å². The van der Waals surface area contributed by atoms with Gasteiger partial charge in [-0.2, -0.15) is 13.2 Å². The van der Waals surface area contributed by atoms with Gasteiger partial charge in [0, 0.05) is 25.9 Å². The Morgan fingerprint density at radius 2 is 1.96 bits per heavy atom. The second-order valence-electron chi connectivity index (χ2n) is 5.43. The Hall–Kier alpha value is -1.50. The van der Waals surface area contributed by atoms with E-state index in [1.165, 1.54) is 0 Å². The molecule has 0 radical (unpaired) electrons. The van der Waals surface area contributed by atoms with Gasteiger partial charge in [-0.05, 0) is 26.2 Å². The highest BCUT2D eigenvalue weighted by atomic mass is 19.4. The average molecular weight is 350 g/mol. The molecular weight excluding hydrogens is 321 g/mol. The Bertz CT molecular complexity index is 417. The predicted molar refractivity (Wildman–Crippen MR) is 89.2 cm³/mol. The number of primary amides is 1. The zero-order valence-electron chi connectivity index (χ0n) is 14.7. The maximum atomic E-state index is 11.7. The van der Waals surface area contributed by atoms with Crippen LogP contribution in [-0.2, 0) is 9.53 Å². The number of alkyl halides is 3. The highest BCUT2D eigenvalue weighted by Crippen LogP contribution is 2.30. The molecule has 4 nitrogen and oxygen atoms in total. The fourth-order valence-electron chi connectivity index (χ4n) is 2.15. The summed E-state index contributed by atoms with van der Waals surface area (Å²) in [5.74, 6) is -1.48. The molecular formula is C17H29F3N2O2. The van der Waals surface area contributed by atoms with E-state index in [0.29, 0.717) is 12.2 Å². The van der Waals surface area contributed by atoms with Gasteiger partial charge in [-0.1, -0.05) is 26.0 Å². The first-order valence-electron chi connectivity index (χ1n) is 8.32. The van der Waals surface area contributed by atoms with Crippen LogP contribution >= 0.6 is 0 Å². The van der Waals surface area contributed by atoms with Gasteiger partial charge in [0.1, 0.15) is 0 Å². The maximum Gasteiger partial charge on any atom is 0.391 e. The molecule has 1 rings (SSSR count). The van der Waals surface area contributed by atoms with Crippen LogP contribution < -0.4 is 5.73 Å². The van der Waals surface area contributed by atoms with Gasteiger partial charge in [-0.25, -0.2) is 0 Å². The van der Waals surface area contributed by atoms with Crippen molar-refractivity contribution >= 4 is 5.91 Å². The second-order valence-corrected chi connectivity index (χ2v) is 5.43. The minimum Gasteiger partial charge on any atom is -0.380 e. The van der Waals surface area contributed by atoms with Gasteiger partial charge in [-0.3, -0.25) is 4.79 Å². The molecule has 0 bridgehead atoms. The minimum absolute atomic E-state index is 0.194. The third-order valence-corrected chi connectivity index (χ3v) is 3.66. The molecule has 1 aliphatic rings. The molecule has 0 spiro atoms. The van der Waals surface area contributed by atoms with Gasteiger partial charge in [0.05, 0.1) is 18.1 Å². The number of nitrogens with two attached hydrogens (primary N) is 1. The highest BCUT2D eigenvalue weighted by molar-refractivity contribution is 5.94. The molecule has 0 saturated heterocycles. The Balaban J connectivity index is 0.000000506. The summed E-state index contributed by atoms with van der Waals surface area (Å²) in [6.45, 7) is 8.18. The monoisotopic (exact) mass is 350 g/mol. The standard InChI is InChI=1S/C11H18N2O2.C6H11F3/c1-2-15-8-7-13-6-4-3-5-10(9-13)11(12)14;1-3-5(4-2)6(7,8)9/h3,5,9H,2,4,6-8H2,1H3,(H2,12,14);5H,3-4H2,1-2H3. The third kappa shape index (κ3) is 9.60. The first-order chi connectivity index (χ1) is 11.3. The summed E-state index contributed by atoms with van der Waals surface area (Å²) in [6.07, 6.45) is 2.90. The van der Waals surface area contributed by atoms with Crippen LogP contribution in [0.1, 0.15) is 40.0 Å². The fraction of sp³-hybridized carbons (Fsp3) is 0.706. The fourth-order valence-corrected chi connectivity index (χ4v) is 2.15. The number of nitrogens with zero attached hydrogens (tertiary/aromatic N) is 1. The smallest absolute Gasteiger partial charge is 0.380 e.